The van der Waals surface area contributed by atoms with Gasteiger partial charge in [0.1, 0.15) is 5.75 Å². The van der Waals surface area contributed by atoms with Crippen molar-refractivity contribution in [2.24, 2.45) is 5.92 Å². The Morgan fingerprint density at radius 2 is 1.73 bits per heavy atom. The van der Waals surface area contributed by atoms with E-state index in [1.165, 1.54) is 6.08 Å². The summed E-state index contributed by atoms with van der Waals surface area (Å²) in [6.07, 6.45) is 12.2. The molecule has 0 aliphatic heterocycles. The summed E-state index contributed by atoms with van der Waals surface area (Å²) < 4.78 is 16.8. The molecule has 0 bridgehead atoms. The summed E-state index contributed by atoms with van der Waals surface area (Å²) >= 11 is 0. The van der Waals surface area contributed by atoms with Gasteiger partial charge in [0.25, 0.3) is 0 Å². The van der Waals surface area contributed by atoms with E-state index in [-0.39, 0.29) is 24.6 Å². The molecule has 0 atom stereocenters. The Bertz CT molecular complexity index is 1060. The SMILES string of the molecule is C=CCCCCOC1CCC(C(=O)Oc2ccc(/C=C/C(=O)OCCc3ccc(N)cc3N)cc2)CC1. The molecule has 0 aromatic heterocycles. The third-order valence-electron chi connectivity index (χ3n) is 6.46. The highest BCUT2D eigenvalue weighted by Crippen LogP contribution is 2.28. The molecule has 1 aliphatic rings. The van der Waals surface area contributed by atoms with Crippen LogP contribution in [-0.4, -0.2) is 31.3 Å². The van der Waals surface area contributed by atoms with Crippen molar-refractivity contribution in [1.82, 2.24) is 0 Å². The van der Waals surface area contributed by atoms with Gasteiger partial charge in [-0.25, -0.2) is 4.79 Å². The molecule has 7 nitrogen and oxygen atoms in total. The number of carbonyl (C=O) groups is 2. The van der Waals surface area contributed by atoms with E-state index in [0.717, 1.165) is 62.7 Å². The van der Waals surface area contributed by atoms with Crippen LogP contribution >= 0.6 is 0 Å². The van der Waals surface area contributed by atoms with Crippen molar-refractivity contribution in [1.29, 1.82) is 0 Å². The van der Waals surface area contributed by atoms with E-state index in [2.05, 4.69) is 6.58 Å². The van der Waals surface area contributed by atoms with Gasteiger partial charge in [-0.1, -0.05) is 24.3 Å². The summed E-state index contributed by atoms with van der Waals surface area (Å²) in [5.41, 5.74) is 14.5. The van der Waals surface area contributed by atoms with Crippen LogP contribution in [0.5, 0.6) is 5.75 Å². The number of carbonyl (C=O) groups excluding carboxylic acids is 2. The molecular weight excluding hydrogens is 468 g/mol. The van der Waals surface area contributed by atoms with Crippen LogP contribution in [0.2, 0.25) is 0 Å². The van der Waals surface area contributed by atoms with Crippen LogP contribution in [-0.2, 0) is 25.5 Å². The van der Waals surface area contributed by atoms with Gasteiger partial charge in [0, 0.05) is 30.5 Å². The minimum absolute atomic E-state index is 0.0986. The Balaban J connectivity index is 1.35. The lowest BCUT2D eigenvalue weighted by Crippen LogP contribution is -2.29. The lowest BCUT2D eigenvalue weighted by Gasteiger charge is -2.27. The number of hydrogen-bond acceptors (Lipinski definition) is 7. The molecule has 0 saturated heterocycles. The van der Waals surface area contributed by atoms with Gasteiger partial charge in [-0.3, -0.25) is 4.79 Å². The molecule has 1 aliphatic carbocycles. The zero-order valence-electron chi connectivity index (χ0n) is 21.4. The van der Waals surface area contributed by atoms with Crippen molar-refractivity contribution in [3.8, 4) is 5.75 Å². The van der Waals surface area contributed by atoms with Crippen molar-refractivity contribution in [2.45, 2.75) is 57.5 Å². The second kappa shape index (κ2) is 14.9. The number of nitrogens with two attached hydrogens (primary N) is 2. The first-order valence-corrected chi connectivity index (χ1v) is 13.0. The predicted molar refractivity (Wildman–Crippen MR) is 147 cm³/mol. The van der Waals surface area contributed by atoms with E-state index < -0.39 is 5.97 Å². The second-order valence-corrected chi connectivity index (χ2v) is 9.33. The quantitative estimate of drug-likeness (QED) is 0.0922. The van der Waals surface area contributed by atoms with Crippen molar-refractivity contribution in [3.63, 3.8) is 0 Å². The Morgan fingerprint density at radius 1 is 0.973 bits per heavy atom. The lowest BCUT2D eigenvalue weighted by atomic mass is 9.87. The van der Waals surface area contributed by atoms with Crippen LogP contribution < -0.4 is 16.2 Å². The molecule has 0 spiro atoms. The van der Waals surface area contributed by atoms with E-state index in [9.17, 15) is 9.59 Å². The smallest absolute Gasteiger partial charge is 0.330 e. The van der Waals surface area contributed by atoms with Gasteiger partial charge in [-0.05, 0) is 86.4 Å². The van der Waals surface area contributed by atoms with Gasteiger partial charge in [0.2, 0.25) is 0 Å². The molecule has 1 fully saturated rings. The van der Waals surface area contributed by atoms with Gasteiger partial charge >= 0.3 is 11.9 Å². The van der Waals surface area contributed by atoms with Crippen LogP contribution in [0.1, 0.15) is 56.1 Å². The van der Waals surface area contributed by atoms with E-state index in [0.29, 0.717) is 23.5 Å². The number of esters is 2. The average molecular weight is 507 g/mol. The van der Waals surface area contributed by atoms with Gasteiger partial charge in [0.15, 0.2) is 0 Å². The molecule has 2 aromatic rings. The van der Waals surface area contributed by atoms with E-state index >= 15 is 0 Å². The zero-order chi connectivity index (χ0) is 26.5. The molecule has 3 rings (SSSR count). The molecular formula is C30H38N2O5. The lowest BCUT2D eigenvalue weighted by molar-refractivity contribution is -0.141. The molecule has 0 radical (unpaired) electrons. The highest BCUT2D eigenvalue weighted by atomic mass is 16.5. The maximum Gasteiger partial charge on any atom is 0.330 e. The number of unbranched alkanes of at least 4 members (excludes halogenated alkanes) is 2. The van der Waals surface area contributed by atoms with Gasteiger partial charge in [-0.2, -0.15) is 0 Å². The van der Waals surface area contributed by atoms with Crippen LogP contribution in [0, 0.1) is 5.92 Å². The number of allylic oxidation sites excluding steroid dienone is 1. The molecule has 198 valence electrons. The fourth-order valence-corrected chi connectivity index (χ4v) is 4.27. The van der Waals surface area contributed by atoms with Crippen molar-refractivity contribution in [3.05, 3.63) is 72.3 Å². The molecule has 0 amide bonds. The normalized spacial score (nSPS) is 17.4. The highest BCUT2D eigenvalue weighted by molar-refractivity contribution is 5.87. The molecule has 1 saturated carbocycles. The van der Waals surface area contributed by atoms with E-state index in [1.807, 2.05) is 12.1 Å². The van der Waals surface area contributed by atoms with Crippen LogP contribution in [0.4, 0.5) is 11.4 Å². The standard InChI is InChI=1S/C30H38N2O5/c1-2-3-4-5-19-35-26-15-10-24(11-16-26)30(34)37-27-13-6-22(7-14-27)8-17-29(33)36-20-18-23-9-12-25(31)21-28(23)32/h2,6-9,12-14,17,21,24,26H,1,3-5,10-11,15-16,18-20,31-32H2/b17-8+. The first-order valence-electron chi connectivity index (χ1n) is 13.0. The average Bonchev–Trinajstić information content (AvgIpc) is 2.90. The monoisotopic (exact) mass is 506 g/mol. The fraction of sp³-hybridized carbons (Fsp3) is 0.400. The minimum atomic E-state index is -0.444. The Hall–Kier alpha value is -3.58. The number of anilines is 2. The maximum absolute atomic E-state index is 12.6. The molecule has 2 aromatic carbocycles. The first kappa shape index (κ1) is 28.0. The van der Waals surface area contributed by atoms with Crippen molar-refractivity contribution >= 4 is 29.4 Å². The van der Waals surface area contributed by atoms with Crippen LogP contribution in [0.3, 0.4) is 0 Å². The number of ether oxygens (including phenoxy) is 3. The van der Waals surface area contributed by atoms with Crippen LogP contribution in [0.25, 0.3) is 6.08 Å². The Morgan fingerprint density at radius 3 is 2.43 bits per heavy atom. The molecule has 37 heavy (non-hydrogen) atoms. The summed E-state index contributed by atoms with van der Waals surface area (Å²) in [6, 6.07) is 12.3. The third kappa shape index (κ3) is 9.77. The predicted octanol–water partition coefficient (Wildman–Crippen LogP) is 5.49. The topological polar surface area (TPSA) is 114 Å². The molecule has 0 unspecified atom stereocenters. The van der Waals surface area contributed by atoms with Crippen LogP contribution in [0.15, 0.2) is 61.2 Å². The number of benzene rings is 2. The van der Waals surface area contributed by atoms with Gasteiger partial charge in [-0.15, -0.1) is 6.58 Å². The fourth-order valence-electron chi connectivity index (χ4n) is 4.27. The summed E-state index contributed by atoms with van der Waals surface area (Å²) in [4.78, 5) is 24.6. The minimum Gasteiger partial charge on any atom is -0.462 e. The number of rotatable bonds is 13. The Kier molecular flexibility index (Phi) is 11.2. The zero-order valence-corrected chi connectivity index (χ0v) is 21.4. The first-order chi connectivity index (χ1) is 17.9. The summed E-state index contributed by atoms with van der Waals surface area (Å²) in [5.74, 6) is -0.246. The molecule has 4 N–H and O–H groups in total. The highest BCUT2D eigenvalue weighted by Gasteiger charge is 2.28. The van der Waals surface area contributed by atoms with E-state index in [1.54, 1.807) is 42.5 Å². The second-order valence-electron chi connectivity index (χ2n) is 9.33. The number of nitrogen functional groups attached to an aromatic ring is 2. The van der Waals surface area contributed by atoms with Gasteiger partial charge in [0.05, 0.1) is 18.6 Å². The van der Waals surface area contributed by atoms with Crippen molar-refractivity contribution in [2.75, 3.05) is 24.7 Å². The molecule has 0 heterocycles. The molecule has 7 heteroatoms. The largest absolute Gasteiger partial charge is 0.462 e. The summed E-state index contributed by atoms with van der Waals surface area (Å²) in [5, 5.41) is 0. The Labute approximate surface area is 219 Å². The summed E-state index contributed by atoms with van der Waals surface area (Å²) in [7, 11) is 0. The van der Waals surface area contributed by atoms with Gasteiger partial charge < -0.3 is 25.7 Å². The maximum atomic E-state index is 12.6. The van der Waals surface area contributed by atoms with E-state index in [4.69, 9.17) is 25.7 Å². The third-order valence-corrected chi connectivity index (χ3v) is 6.46. The summed E-state index contributed by atoms with van der Waals surface area (Å²) in [6.45, 7) is 4.72. The number of hydrogen-bond donors (Lipinski definition) is 2. The van der Waals surface area contributed by atoms with Crippen molar-refractivity contribution < 1.29 is 23.8 Å².